The van der Waals surface area contributed by atoms with Crippen molar-refractivity contribution in [2.75, 3.05) is 6.54 Å². The molecule has 1 aromatic rings. The molecule has 0 spiro atoms. The summed E-state index contributed by atoms with van der Waals surface area (Å²) in [5.41, 5.74) is 8.15. The number of hydrogen-bond donors (Lipinski definition) is 1. The second-order valence-corrected chi connectivity index (χ2v) is 5.73. The molecule has 106 valence electrons. The van der Waals surface area contributed by atoms with E-state index in [2.05, 4.69) is 31.2 Å². The monoisotopic (exact) mass is 261 g/mol. The van der Waals surface area contributed by atoms with E-state index in [1.54, 1.807) is 0 Å². The highest BCUT2D eigenvalue weighted by atomic mass is 16.5. The molecular weight excluding hydrogens is 234 g/mol. The van der Waals surface area contributed by atoms with E-state index in [9.17, 15) is 0 Å². The molecule has 0 aliphatic heterocycles. The van der Waals surface area contributed by atoms with Crippen molar-refractivity contribution in [3.63, 3.8) is 0 Å². The van der Waals surface area contributed by atoms with Crippen LogP contribution < -0.4 is 5.73 Å². The zero-order valence-corrected chi connectivity index (χ0v) is 12.1. The van der Waals surface area contributed by atoms with E-state index in [1.807, 2.05) is 0 Å². The lowest BCUT2D eigenvalue weighted by Gasteiger charge is -2.28. The predicted molar refractivity (Wildman–Crippen MR) is 80.0 cm³/mol. The van der Waals surface area contributed by atoms with Crippen LogP contribution in [0.5, 0.6) is 0 Å². The second-order valence-electron chi connectivity index (χ2n) is 5.73. The van der Waals surface area contributed by atoms with Gasteiger partial charge in [-0.05, 0) is 42.9 Å². The Morgan fingerprint density at radius 3 is 2.58 bits per heavy atom. The minimum absolute atomic E-state index is 0.474. The molecular formula is C17H27NO. The molecule has 1 fully saturated rings. The van der Waals surface area contributed by atoms with Crippen molar-refractivity contribution in [2.45, 2.75) is 58.2 Å². The van der Waals surface area contributed by atoms with Gasteiger partial charge in [-0.25, -0.2) is 0 Å². The molecule has 1 saturated carbocycles. The molecule has 2 nitrogen and oxygen atoms in total. The van der Waals surface area contributed by atoms with Gasteiger partial charge in [0.15, 0.2) is 0 Å². The first-order valence-corrected chi connectivity index (χ1v) is 7.71. The van der Waals surface area contributed by atoms with Crippen molar-refractivity contribution in [3.8, 4) is 0 Å². The summed E-state index contributed by atoms with van der Waals surface area (Å²) in [6, 6.07) is 8.68. The first-order valence-electron chi connectivity index (χ1n) is 7.71. The minimum Gasteiger partial charge on any atom is -0.374 e. The third kappa shape index (κ3) is 4.63. The van der Waals surface area contributed by atoms with E-state index < -0.39 is 0 Å². The predicted octanol–water partition coefficient (Wildman–Crippen LogP) is 3.67. The third-order valence-corrected chi connectivity index (χ3v) is 4.25. The molecule has 1 aliphatic carbocycles. The molecule has 1 aromatic carbocycles. The zero-order valence-electron chi connectivity index (χ0n) is 12.1. The number of nitrogens with two attached hydrogens (primary N) is 1. The molecule has 0 heterocycles. The highest BCUT2D eigenvalue weighted by Gasteiger charge is 2.20. The Balaban J connectivity index is 1.78. The average Bonchev–Trinajstić information content (AvgIpc) is 2.47. The van der Waals surface area contributed by atoms with Crippen molar-refractivity contribution in [1.82, 2.24) is 0 Å². The number of hydrogen-bond acceptors (Lipinski definition) is 2. The zero-order chi connectivity index (χ0) is 13.5. The summed E-state index contributed by atoms with van der Waals surface area (Å²) in [4.78, 5) is 0. The molecule has 2 rings (SSSR count). The summed E-state index contributed by atoms with van der Waals surface area (Å²) in [5.74, 6) is 0.880. The fourth-order valence-electron chi connectivity index (χ4n) is 2.95. The lowest BCUT2D eigenvalue weighted by Crippen LogP contribution is -2.22. The van der Waals surface area contributed by atoms with Gasteiger partial charge in [0.1, 0.15) is 0 Å². The van der Waals surface area contributed by atoms with Gasteiger partial charge >= 0.3 is 0 Å². The maximum Gasteiger partial charge on any atom is 0.0720 e. The van der Waals surface area contributed by atoms with Crippen LogP contribution in [0, 0.1) is 5.92 Å². The molecule has 2 unspecified atom stereocenters. The summed E-state index contributed by atoms with van der Waals surface area (Å²) in [6.07, 6.45) is 7.95. The molecule has 0 radical (unpaired) electrons. The standard InChI is InChI=1S/C17H27NO/c1-2-14-4-3-5-17(12-14)19-13-16-8-6-15(7-9-16)10-11-18/h6-9,14,17H,2-5,10-13,18H2,1H3. The molecule has 19 heavy (non-hydrogen) atoms. The van der Waals surface area contributed by atoms with E-state index in [-0.39, 0.29) is 0 Å². The van der Waals surface area contributed by atoms with Crippen molar-refractivity contribution in [3.05, 3.63) is 35.4 Å². The maximum atomic E-state index is 6.08. The summed E-state index contributed by atoms with van der Waals surface area (Å²) < 4.78 is 6.08. The molecule has 2 N–H and O–H groups in total. The molecule has 0 amide bonds. The Morgan fingerprint density at radius 2 is 1.89 bits per heavy atom. The fraction of sp³-hybridized carbons (Fsp3) is 0.647. The van der Waals surface area contributed by atoms with Gasteiger partial charge in [-0.1, -0.05) is 50.5 Å². The van der Waals surface area contributed by atoms with E-state index in [0.29, 0.717) is 6.10 Å². The van der Waals surface area contributed by atoms with Crippen LogP contribution >= 0.6 is 0 Å². The first kappa shape index (κ1) is 14.5. The van der Waals surface area contributed by atoms with Crippen LogP contribution in [0.2, 0.25) is 0 Å². The van der Waals surface area contributed by atoms with Crippen molar-refractivity contribution >= 4 is 0 Å². The minimum atomic E-state index is 0.474. The summed E-state index contributed by atoms with van der Waals surface area (Å²) in [6.45, 7) is 3.77. The van der Waals surface area contributed by atoms with Gasteiger partial charge < -0.3 is 10.5 Å². The Bertz CT molecular complexity index is 360. The van der Waals surface area contributed by atoms with Gasteiger partial charge in [-0.2, -0.15) is 0 Å². The molecule has 2 atom stereocenters. The van der Waals surface area contributed by atoms with Crippen LogP contribution in [0.4, 0.5) is 0 Å². The molecule has 0 saturated heterocycles. The number of rotatable bonds is 6. The number of benzene rings is 1. The highest BCUT2D eigenvalue weighted by Crippen LogP contribution is 2.28. The molecule has 2 heteroatoms. The van der Waals surface area contributed by atoms with Gasteiger partial charge in [0.25, 0.3) is 0 Å². The average molecular weight is 261 g/mol. The van der Waals surface area contributed by atoms with E-state index in [4.69, 9.17) is 10.5 Å². The molecule has 1 aliphatic rings. The Labute approximate surface area is 117 Å². The number of ether oxygens (including phenoxy) is 1. The van der Waals surface area contributed by atoms with Gasteiger partial charge in [0, 0.05) is 0 Å². The van der Waals surface area contributed by atoms with Crippen molar-refractivity contribution < 1.29 is 4.74 Å². The maximum absolute atomic E-state index is 6.08. The highest BCUT2D eigenvalue weighted by molar-refractivity contribution is 5.22. The van der Waals surface area contributed by atoms with Crippen LogP contribution in [0.25, 0.3) is 0 Å². The van der Waals surface area contributed by atoms with E-state index in [0.717, 1.165) is 25.5 Å². The second kappa shape index (κ2) is 7.66. The van der Waals surface area contributed by atoms with Crippen LogP contribution in [0.1, 0.15) is 50.2 Å². The SMILES string of the molecule is CCC1CCCC(OCc2ccc(CCN)cc2)C1. The van der Waals surface area contributed by atoms with Crippen molar-refractivity contribution in [1.29, 1.82) is 0 Å². The summed E-state index contributed by atoms with van der Waals surface area (Å²) in [7, 11) is 0. The van der Waals surface area contributed by atoms with E-state index in [1.165, 1.54) is 43.2 Å². The largest absolute Gasteiger partial charge is 0.374 e. The van der Waals surface area contributed by atoms with Crippen LogP contribution in [0.3, 0.4) is 0 Å². The first-order chi connectivity index (χ1) is 9.31. The van der Waals surface area contributed by atoms with Gasteiger partial charge in [-0.3, -0.25) is 0 Å². The normalized spacial score (nSPS) is 23.5. The smallest absolute Gasteiger partial charge is 0.0720 e. The fourth-order valence-corrected chi connectivity index (χ4v) is 2.95. The van der Waals surface area contributed by atoms with Crippen LogP contribution in [-0.2, 0) is 17.8 Å². The quantitative estimate of drug-likeness (QED) is 0.848. The van der Waals surface area contributed by atoms with Crippen LogP contribution in [-0.4, -0.2) is 12.6 Å². The summed E-state index contributed by atoms with van der Waals surface area (Å²) >= 11 is 0. The summed E-state index contributed by atoms with van der Waals surface area (Å²) in [5, 5.41) is 0. The molecule has 0 bridgehead atoms. The third-order valence-electron chi connectivity index (χ3n) is 4.25. The van der Waals surface area contributed by atoms with Gasteiger partial charge in [0.05, 0.1) is 12.7 Å². The lowest BCUT2D eigenvalue weighted by atomic mass is 9.85. The van der Waals surface area contributed by atoms with E-state index >= 15 is 0 Å². The van der Waals surface area contributed by atoms with Gasteiger partial charge in [-0.15, -0.1) is 0 Å². The lowest BCUT2D eigenvalue weighted by molar-refractivity contribution is 0.00177. The Kier molecular flexibility index (Phi) is 5.87. The van der Waals surface area contributed by atoms with Gasteiger partial charge in [0.2, 0.25) is 0 Å². The Morgan fingerprint density at radius 1 is 1.16 bits per heavy atom. The Hall–Kier alpha value is -0.860. The van der Waals surface area contributed by atoms with Crippen molar-refractivity contribution in [2.24, 2.45) is 11.7 Å². The molecule has 0 aromatic heterocycles. The topological polar surface area (TPSA) is 35.2 Å². The van der Waals surface area contributed by atoms with Crippen LogP contribution in [0.15, 0.2) is 24.3 Å².